The first-order chi connectivity index (χ1) is 12.2. The van der Waals surface area contributed by atoms with Crippen molar-refractivity contribution >= 4 is 0 Å². The van der Waals surface area contributed by atoms with Crippen LogP contribution in [0.3, 0.4) is 0 Å². The molecule has 0 amide bonds. The average Bonchev–Trinajstić information content (AvgIpc) is 2.59. The molecule has 1 aromatic carbocycles. The summed E-state index contributed by atoms with van der Waals surface area (Å²) in [4.78, 5) is 5.30. The van der Waals surface area contributed by atoms with Gasteiger partial charge in [0.15, 0.2) is 0 Å². The molecule has 0 bridgehead atoms. The molecule has 0 aromatic heterocycles. The minimum absolute atomic E-state index is 0.181. The van der Waals surface area contributed by atoms with E-state index in [-0.39, 0.29) is 17.4 Å². The molecule has 1 saturated heterocycles. The van der Waals surface area contributed by atoms with Crippen molar-refractivity contribution in [3.63, 3.8) is 0 Å². The van der Waals surface area contributed by atoms with E-state index in [1.165, 1.54) is 5.56 Å². The molecule has 0 saturated carbocycles. The fourth-order valence-electron chi connectivity index (χ4n) is 4.42. The maximum Gasteiger partial charge on any atom is 0.123 e. The molecule has 148 valence electrons. The predicted octanol–water partition coefficient (Wildman–Crippen LogP) is 5.01. The van der Waals surface area contributed by atoms with Gasteiger partial charge in [0.25, 0.3) is 0 Å². The lowest BCUT2D eigenvalue weighted by atomic mass is 9.91. The number of nitrogens with zero attached hydrogens (tertiary/aromatic N) is 2. The summed E-state index contributed by atoms with van der Waals surface area (Å²) in [6.45, 7) is 16.4. The average molecular weight is 365 g/mol. The first kappa shape index (κ1) is 21.3. The van der Waals surface area contributed by atoms with Gasteiger partial charge in [-0.15, -0.1) is 0 Å². The van der Waals surface area contributed by atoms with Crippen LogP contribution in [-0.2, 0) is 11.3 Å². The molecular formula is C22H37FN2O. The van der Waals surface area contributed by atoms with E-state index in [4.69, 9.17) is 4.74 Å². The maximum atomic E-state index is 13.7. The molecule has 2 rings (SSSR count). The molecule has 1 fully saturated rings. The summed E-state index contributed by atoms with van der Waals surface area (Å²) < 4.78 is 19.1. The van der Waals surface area contributed by atoms with Gasteiger partial charge in [0.05, 0.1) is 6.61 Å². The van der Waals surface area contributed by atoms with Crippen molar-refractivity contribution in [3.8, 4) is 0 Å². The zero-order chi connectivity index (χ0) is 19.5. The number of benzene rings is 1. The van der Waals surface area contributed by atoms with Crippen LogP contribution in [0.4, 0.5) is 4.39 Å². The fourth-order valence-corrected chi connectivity index (χ4v) is 4.42. The lowest BCUT2D eigenvalue weighted by Gasteiger charge is -2.53. The van der Waals surface area contributed by atoms with Crippen LogP contribution in [0.25, 0.3) is 0 Å². The van der Waals surface area contributed by atoms with Crippen LogP contribution in [0.5, 0.6) is 0 Å². The number of ether oxygens (including phenoxy) is 1. The molecule has 4 heteroatoms. The Morgan fingerprint density at radius 2 is 1.81 bits per heavy atom. The number of methoxy groups -OCH3 is 1. The van der Waals surface area contributed by atoms with Gasteiger partial charge < -0.3 is 4.74 Å². The Morgan fingerprint density at radius 1 is 1.15 bits per heavy atom. The Labute approximate surface area is 159 Å². The second-order valence-electron chi connectivity index (χ2n) is 8.60. The highest BCUT2D eigenvalue weighted by molar-refractivity contribution is 5.30. The minimum atomic E-state index is -0.191. The Hall–Kier alpha value is -0.970. The number of hydrogen-bond donors (Lipinski definition) is 0. The van der Waals surface area contributed by atoms with Gasteiger partial charge in [-0.1, -0.05) is 19.9 Å². The Morgan fingerprint density at radius 3 is 2.35 bits per heavy atom. The van der Waals surface area contributed by atoms with Gasteiger partial charge in [-0.05, 0) is 63.8 Å². The van der Waals surface area contributed by atoms with Gasteiger partial charge in [-0.2, -0.15) is 0 Å². The topological polar surface area (TPSA) is 15.7 Å². The lowest BCUT2D eigenvalue weighted by Crippen LogP contribution is -2.63. The van der Waals surface area contributed by atoms with Crippen molar-refractivity contribution in [1.29, 1.82) is 0 Å². The molecule has 26 heavy (non-hydrogen) atoms. The van der Waals surface area contributed by atoms with Crippen molar-refractivity contribution in [2.24, 2.45) is 0 Å². The predicted molar refractivity (Wildman–Crippen MR) is 107 cm³/mol. The van der Waals surface area contributed by atoms with Crippen LogP contribution in [0.1, 0.15) is 71.6 Å². The summed E-state index contributed by atoms with van der Waals surface area (Å²) >= 11 is 0. The van der Waals surface area contributed by atoms with E-state index < -0.39 is 0 Å². The Kier molecular flexibility index (Phi) is 7.23. The van der Waals surface area contributed by atoms with Gasteiger partial charge >= 0.3 is 0 Å². The van der Waals surface area contributed by atoms with Crippen molar-refractivity contribution in [3.05, 3.63) is 35.1 Å². The van der Waals surface area contributed by atoms with Gasteiger partial charge in [0.2, 0.25) is 0 Å². The van der Waals surface area contributed by atoms with E-state index in [0.717, 1.165) is 31.5 Å². The van der Waals surface area contributed by atoms with Crippen molar-refractivity contribution in [2.75, 3.05) is 20.2 Å². The summed E-state index contributed by atoms with van der Waals surface area (Å²) in [6.07, 6.45) is 2.26. The second kappa shape index (κ2) is 8.81. The Balaban J connectivity index is 2.32. The molecule has 0 radical (unpaired) electrons. The number of halogens is 1. The third-order valence-electron chi connectivity index (χ3n) is 5.90. The van der Waals surface area contributed by atoms with Gasteiger partial charge in [0, 0.05) is 43.9 Å². The molecule has 0 spiro atoms. The highest BCUT2D eigenvalue weighted by atomic mass is 19.1. The third kappa shape index (κ3) is 4.65. The first-order valence-electron chi connectivity index (χ1n) is 10.0. The van der Waals surface area contributed by atoms with E-state index >= 15 is 0 Å². The standard InChI is InChI=1S/C22H37FN2O/c1-8-19-14-25(22(4,5)6)20(9-2)13-24(19)16(3)21-11-10-18(23)12-17(21)15-26-7/h10-12,16,19-20H,8-9,13-15H2,1-7H3/t16?,19-,20+/m1/s1. The van der Waals surface area contributed by atoms with E-state index in [1.807, 2.05) is 6.07 Å². The molecule has 1 unspecified atom stereocenters. The number of rotatable bonds is 6. The molecule has 0 N–H and O–H groups in total. The molecule has 0 aliphatic carbocycles. The Bertz CT molecular complexity index is 584. The highest BCUT2D eigenvalue weighted by Gasteiger charge is 2.39. The molecule has 3 atom stereocenters. The normalized spacial score (nSPS) is 24.0. The lowest BCUT2D eigenvalue weighted by molar-refractivity contribution is -0.0412. The summed E-state index contributed by atoms with van der Waals surface area (Å²) in [7, 11) is 1.67. The van der Waals surface area contributed by atoms with Crippen LogP contribution in [0, 0.1) is 5.82 Å². The van der Waals surface area contributed by atoms with Crippen LogP contribution in [-0.4, -0.2) is 47.6 Å². The fraction of sp³-hybridized carbons (Fsp3) is 0.727. The number of hydrogen-bond acceptors (Lipinski definition) is 3. The largest absolute Gasteiger partial charge is 0.380 e. The SMILES string of the molecule is CC[C@@H]1CN(C(C)(C)C)[C@@H](CC)CN1C(C)c1ccc(F)cc1COC. The highest BCUT2D eigenvalue weighted by Crippen LogP contribution is 2.34. The molecule has 1 aliphatic heterocycles. The smallest absolute Gasteiger partial charge is 0.123 e. The van der Waals surface area contributed by atoms with Crippen LogP contribution in [0.2, 0.25) is 0 Å². The molecule has 1 heterocycles. The van der Waals surface area contributed by atoms with Crippen LogP contribution >= 0.6 is 0 Å². The van der Waals surface area contributed by atoms with E-state index in [2.05, 4.69) is 51.3 Å². The third-order valence-corrected chi connectivity index (χ3v) is 5.90. The zero-order valence-electron chi connectivity index (χ0n) is 17.7. The van der Waals surface area contributed by atoms with Crippen molar-refractivity contribution < 1.29 is 9.13 Å². The first-order valence-corrected chi connectivity index (χ1v) is 10.0. The molecular weight excluding hydrogens is 327 g/mol. The van der Waals surface area contributed by atoms with Crippen LogP contribution < -0.4 is 0 Å². The van der Waals surface area contributed by atoms with Crippen molar-refractivity contribution in [1.82, 2.24) is 9.80 Å². The summed E-state index contributed by atoms with van der Waals surface area (Å²) in [5, 5.41) is 0. The summed E-state index contributed by atoms with van der Waals surface area (Å²) in [5.41, 5.74) is 2.33. The van der Waals surface area contributed by atoms with Crippen molar-refractivity contribution in [2.45, 2.75) is 84.7 Å². The van der Waals surface area contributed by atoms with Gasteiger partial charge in [-0.25, -0.2) is 4.39 Å². The van der Waals surface area contributed by atoms with E-state index in [0.29, 0.717) is 18.7 Å². The quantitative estimate of drug-likeness (QED) is 0.706. The van der Waals surface area contributed by atoms with E-state index in [1.54, 1.807) is 19.2 Å². The van der Waals surface area contributed by atoms with Gasteiger partial charge in [0.1, 0.15) is 5.82 Å². The molecule has 1 aromatic rings. The minimum Gasteiger partial charge on any atom is -0.380 e. The second-order valence-corrected chi connectivity index (χ2v) is 8.60. The summed E-state index contributed by atoms with van der Waals surface area (Å²) in [6, 6.07) is 6.45. The van der Waals surface area contributed by atoms with Crippen LogP contribution in [0.15, 0.2) is 18.2 Å². The van der Waals surface area contributed by atoms with E-state index in [9.17, 15) is 4.39 Å². The maximum absolute atomic E-state index is 13.7. The molecule has 3 nitrogen and oxygen atoms in total. The van der Waals surface area contributed by atoms with Gasteiger partial charge in [-0.3, -0.25) is 9.80 Å². The summed E-state index contributed by atoms with van der Waals surface area (Å²) in [5.74, 6) is -0.191. The number of piperazine rings is 1. The monoisotopic (exact) mass is 364 g/mol. The molecule has 1 aliphatic rings. The zero-order valence-corrected chi connectivity index (χ0v) is 17.7.